The van der Waals surface area contributed by atoms with Gasteiger partial charge in [-0.25, -0.2) is 0 Å². The molecule has 2 heterocycles. The first-order valence-electron chi connectivity index (χ1n) is 5.58. The van der Waals surface area contributed by atoms with E-state index in [9.17, 15) is 4.79 Å². The third-order valence-electron chi connectivity index (χ3n) is 2.27. The first-order chi connectivity index (χ1) is 8.69. The van der Waals surface area contributed by atoms with Crippen molar-refractivity contribution in [1.82, 2.24) is 5.32 Å². The van der Waals surface area contributed by atoms with Gasteiger partial charge in [-0.2, -0.15) is 0 Å². The molecule has 0 aromatic heterocycles. The number of amidine groups is 1. The van der Waals surface area contributed by atoms with Crippen LogP contribution in [0.3, 0.4) is 0 Å². The second-order valence-electron chi connectivity index (χ2n) is 3.75. The Bertz CT molecular complexity index is 359. The maximum Gasteiger partial charge on any atom is 0.302 e. The van der Waals surface area contributed by atoms with Gasteiger partial charge in [0.15, 0.2) is 5.17 Å². The monoisotopic (exact) mass is 266 g/mol. The summed E-state index contributed by atoms with van der Waals surface area (Å²) in [6.45, 7) is 5.83. The van der Waals surface area contributed by atoms with Crippen molar-refractivity contribution in [3.05, 3.63) is 25.5 Å². The van der Waals surface area contributed by atoms with Crippen LogP contribution in [-0.4, -0.2) is 41.9 Å². The molecule has 5 nitrogen and oxygen atoms in total. The van der Waals surface area contributed by atoms with Crippen LogP contribution < -0.4 is 5.32 Å². The molecule has 4 radical (unpaired) electrons. The first kappa shape index (κ1) is 13.4. The van der Waals surface area contributed by atoms with E-state index >= 15 is 0 Å². The van der Waals surface area contributed by atoms with Gasteiger partial charge in [-0.1, -0.05) is 17.8 Å². The summed E-state index contributed by atoms with van der Waals surface area (Å²) in [5, 5.41) is 3.93. The third-order valence-corrected chi connectivity index (χ3v) is 3.34. The minimum Gasteiger partial charge on any atom is -0.463 e. The van der Waals surface area contributed by atoms with Crippen LogP contribution in [0.2, 0.25) is 0 Å². The molecule has 2 aliphatic heterocycles. The van der Waals surface area contributed by atoms with Gasteiger partial charge in [0.1, 0.15) is 18.1 Å². The van der Waals surface area contributed by atoms with Crippen LogP contribution in [0, 0.1) is 12.8 Å². The predicted octanol–water partition coefficient (Wildman–Crippen LogP) is 0.684. The van der Waals surface area contributed by atoms with Crippen LogP contribution >= 0.6 is 11.8 Å². The Morgan fingerprint density at radius 2 is 2.56 bits per heavy atom. The number of carbonyl (C=O) groups is 1. The van der Waals surface area contributed by atoms with Crippen LogP contribution in [0.15, 0.2) is 17.6 Å². The highest BCUT2D eigenvalue weighted by molar-refractivity contribution is 8.14. The Morgan fingerprint density at radius 3 is 3.28 bits per heavy atom. The molecule has 18 heavy (non-hydrogen) atoms. The summed E-state index contributed by atoms with van der Waals surface area (Å²) in [4.78, 5) is 15.1. The van der Waals surface area contributed by atoms with Crippen molar-refractivity contribution >= 4 is 22.9 Å². The fraction of sp³-hybridized carbons (Fsp3) is 0.500. The van der Waals surface area contributed by atoms with Gasteiger partial charge in [0.2, 0.25) is 0 Å². The Hall–Kier alpha value is -1.01. The van der Waals surface area contributed by atoms with E-state index in [2.05, 4.69) is 29.7 Å². The van der Waals surface area contributed by atoms with E-state index in [1.54, 1.807) is 6.08 Å². The summed E-state index contributed by atoms with van der Waals surface area (Å²) in [7, 11) is 0. The highest BCUT2D eigenvalue weighted by Gasteiger charge is 2.38. The van der Waals surface area contributed by atoms with Crippen molar-refractivity contribution in [2.75, 3.05) is 13.2 Å². The van der Waals surface area contributed by atoms with E-state index in [1.807, 2.05) is 0 Å². The van der Waals surface area contributed by atoms with E-state index in [1.165, 1.54) is 18.7 Å². The van der Waals surface area contributed by atoms with Crippen LogP contribution in [0.25, 0.3) is 0 Å². The minimum absolute atomic E-state index is 0.126. The Labute approximate surface area is 111 Å². The number of hydrogen-bond donors (Lipinski definition) is 1. The summed E-state index contributed by atoms with van der Waals surface area (Å²) >= 11 is 1.50. The van der Waals surface area contributed by atoms with E-state index < -0.39 is 0 Å². The van der Waals surface area contributed by atoms with Gasteiger partial charge in [-0.15, -0.1) is 6.58 Å². The number of hydrogen-bond acceptors (Lipinski definition) is 6. The SMILES string of the molecule is C=CCNC1=N[C@@H]2[C][C][C@H](COC(C)=O)O[C@@H]2S1. The zero-order valence-electron chi connectivity index (χ0n) is 10.0. The molecule has 2 aliphatic rings. The molecular weight excluding hydrogens is 252 g/mol. The molecule has 3 atom stereocenters. The molecule has 6 heteroatoms. The average molecular weight is 266 g/mol. The number of aliphatic imine (C=N–C) groups is 1. The molecule has 2 rings (SSSR count). The van der Waals surface area contributed by atoms with Gasteiger partial charge >= 0.3 is 5.97 Å². The van der Waals surface area contributed by atoms with E-state index in [0.29, 0.717) is 6.54 Å². The van der Waals surface area contributed by atoms with Crippen molar-refractivity contribution in [3.8, 4) is 0 Å². The lowest BCUT2D eigenvalue weighted by atomic mass is 10.1. The zero-order chi connectivity index (χ0) is 13.0. The molecule has 0 spiro atoms. The summed E-state index contributed by atoms with van der Waals surface area (Å²) in [6.07, 6.45) is 7.33. The Balaban J connectivity index is 1.79. The molecule has 1 saturated heterocycles. The zero-order valence-corrected chi connectivity index (χ0v) is 10.8. The molecule has 0 bridgehead atoms. The maximum absolute atomic E-state index is 10.7. The van der Waals surface area contributed by atoms with Gasteiger partial charge in [0.05, 0.1) is 6.04 Å². The molecule has 1 fully saturated rings. The number of nitrogens with one attached hydrogen (secondary N) is 1. The number of carbonyl (C=O) groups excluding carboxylic acids is 1. The van der Waals surface area contributed by atoms with Gasteiger partial charge in [-0.05, 0) is 0 Å². The molecule has 96 valence electrons. The number of fused-ring (bicyclic) bond motifs is 1. The lowest BCUT2D eigenvalue weighted by Gasteiger charge is -2.28. The number of nitrogens with zero attached hydrogens (tertiary/aromatic N) is 1. The van der Waals surface area contributed by atoms with Gasteiger partial charge in [0, 0.05) is 26.3 Å². The predicted molar refractivity (Wildman–Crippen MR) is 68.8 cm³/mol. The fourth-order valence-corrected chi connectivity index (χ4v) is 2.50. The van der Waals surface area contributed by atoms with Gasteiger partial charge in [0.25, 0.3) is 0 Å². The van der Waals surface area contributed by atoms with Crippen molar-refractivity contribution in [1.29, 1.82) is 0 Å². The van der Waals surface area contributed by atoms with Crippen LogP contribution in [0.1, 0.15) is 6.92 Å². The molecule has 0 aliphatic carbocycles. The third kappa shape index (κ3) is 3.49. The van der Waals surface area contributed by atoms with E-state index in [4.69, 9.17) is 9.47 Å². The molecule has 0 aromatic carbocycles. The fourth-order valence-electron chi connectivity index (χ4n) is 1.49. The molecule has 0 aromatic rings. The van der Waals surface area contributed by atoms with Gasteiger partial charge < -0.3 is 14.8 Å². The highest BCUT2D eigenvalue weighted by Crippen LogP contribution is 2.34. The summed E-state index contributed by atoms with van der Waals surface area (Å²) < 4.78 is 10.6. The molecular formula is C12H14N2O3S. The topological polar surface area (TPSA) is 59.9 Å². The van der Waals surface area contributed by atoms with Crippen molar-refractivity contribution in [3.63, 3.8) is 0 Å². The van der Waals surface area contributed by atoms with Crippen molar-refractivity contribution < 1.29 is 14.3 Å². The van der Waals surface area contributed by atoms with E-state index in [-0.39, 0.29) is 30.2 Å². The van der Waals surface area contributed by atoms with Crippen LogP contribution in [0.4, 0.5) is 0 Å². The van der Waals surface area contributed by atoms with Crippen molar-refractivity contribution in [2.45, 2.75) is 24.5 Å². The lowest BCUT2D eigenvalue weighted by Crippen LogP contribution is -2.37. The second-order valence-corrected chi connectivity index (χ2v) is 4.84. The maximum atomic E-state index is 10.7. The van der Waals surface area contributed by atoms with Crippen LogP contribution in [-0.2, 0) is 14.3 Å². The lowest BCUT2D eigenvalue weighted by molar-refractivity contribution is -0.145. The first-order valence-corrected chi connectivity index (χ1v) is 6.46. The molecule has 0 amide bonds. The summed E-state index contributed by atoms with van der Waals surface area (Å²) in [5.41, 5.74) is -0.126. The molecule has 0 unspecified atom stereocenters. The van der Waals surface area contributed by atoms with Gasteiger partial charge in [-0.3, -0.25) is 9.79 Å². The number of rotatable bonds is 4. The molecule has 0 saturated carbocycles. The number of esters is 1. The van der Waals surface area contributed by atoms with E-state index in [0.717, 1.165) is 5.17 Å². The highest BCUT2D eigenvalue weighted by atomic mass is 32.2. The van der Waals surface area contributed by atoms with Crippen molar-refractivity contribution in [2.24, 2.45) is 4.99 Å². The summed E-state index contributed by atoms with van der Waals surface area (Å²) in [5.74, 6) is -0.328. The summed E-state index contributed by atoms with van der Waals surface area (Å²) in [6, 6.07) is -0.143. The largest absolute Gasteiger partial charge is 0.463 e. The normalized spacial score (nSPS) is 30.3. The molecule has 1 N–H and O–H groups in total. The number of ether oxygens (including phenoxy) is 2. The van der Waals surface area contributed by atoms with Crippen LogP contribution in [0.5, 0.6) is 0 Å². The number of thioether (sulfide) groups is 1. The minimum atomic E-state index is -0.364. The smallest absolute Gasteiger partial charge is 0.302 e. The second kappa shape index (κ2) is 6.24. The Kier molecular flexibility index (Phi) is 4.66. The average Bonchev–Trinajstić information content (AvgIpc) is 2.75. The quantitative estimate of drug-likeness (QED) is 0.599. The Morgan fingerprint density at radius 1 is 1.72 bits per heavy atom. The standard InChI is InChI=1S/C12H14N2O3S/c1-3-6-13-12-14-10-5-4-9(7-16-8(2)15)17-11(10)18-12/h3,9-11H,1,6-7H2,2H3,(H,13,14)/t9-,10-,11-/m1/s1.